The predicted octanol–water partition coefficient (Wildman–Crippen LogP) is 2.87. The summed E-state index contributed by atoms with van der Waals surface area (Å²) in [7, 11) is 0. The zero-order valence-corrected chi connectivity index (χ0v) is 12.9. The molecule has 3 aromatic rings. The Morgan fingerprint density at radius 1 is 1.33 bits per heavy atom. The van der Waals surface area contributed by atoms with Crippen LogP contribution in [0.1, 0.15) is 15.6 Å². The van der Waals surface area contributed by atoms with E-state index in [4.69, 9.17) is 9.15 Å². The Balaban J connectivity index is 1.59. The van der Waals surface area contributed by atoms with Crippen molar-refractivity contribution >= 4 is 28.1 Å². The number of nitro groups is 1. The molecule has 122 valence electrons. The molecule has 0 aliphatic heterocycles. The average molecular weight is 346 g/mol. The van der Waals surface area contributed by atoms with Gasteiger partial charge in [-0.1, -0.05) is 17.4 Å². The minimum Gasteiger partial charge on any atom is -0.486 e. The number of non-ortho nitro benzene ring substituents is 1. The highest BCUT2D eigenvalue weighted by atomic mass is 32.1. The van der Waals surface area contributed by atoms with E-state index in [0.29, 0.717) is 15.9 Å². The number of benzene rings is 1. The van der Waals surface area contributed by atoms with Crippen LogP contribution >= 0.6 is 11.3 Å². The van der Waals surface area contributed by atoms with Gasteiger partial charge in [0, 0.05) is 6.07 Å². The number of nitro benzene ring substituents is 1. The van der Waals surface area contributed by atoms with Crippen LogP contribution in [0.5, 0.6) is 5.75 Å². The standard InChI is InChI=1S/C14H10N4O5S/c19-13(11-5-2-6-22-11)15-14-17-16-12(24-14)8-23-10-4-1-3-9(7-10)18(20)21/h1-7H,8H2,(H,15,17,19). The number of aromatic nitrogens is 2. The molecule has 0 saturated heterocycles. The lowest BCUT2D eigenvalue weighted by atomic mass is 10.3. The minimum absolute atomic E-state index is 0.0591. The van der Waals surface area contributed by atoms with Crippen molar-refractivity contribution in [3.8, 4) is 5.75 Å². The van der Waals surface area contributed by atoms with Gasteiger partial charge in [0.25, 0.3) is 11.6 Å². The lowest BCUT2D eigenvalue weighted by molar-refractivity contribution is -0.384. The normalized spacial score (nSPS) is 10.3. The Morgan fingerprint density at radius 3 is 2.96 bits per heavy atom. The van der Waals surface area contributed by atoms with Crippen molar-refractivity contribution < 1.29 is 18.9 Å². The molecule has 1 aromatic carbocycles. The van der Waals surface area contributed by atoms with Crippen molar-refractivity contribution in [2.75, 3.05) is 5.32 Å². The van der Waals surface area contributed by atoms with Crippen LogP contribution in [0.25, 0.3) is 0 Å². The van der Waals surface area contributed by atoms with Gasteiger partial charge in [0.1, 0.15) is 12.4 Å². The molecular weight excluding hydrogens is 336 g/mol. The number of furan rings is 1. The number of hydrogen-bond acceptors (Lipinski definition) is 8. The highest BCUT2D eigenvalue weighted by Gasteiger charge is 2.13. The number of rotatable bonds is 6. The minimum atomic E-state index is -0.500. The number of carbonyl (C=O) groups is 1. The molecule has 0 spiro atoms. The van der Waals surface area contributed by atoms with E-state index in [1.807, 2.05) is 0 Å². The molecule has 2 aromatic heterocycles. The fourth-order valence-corrected chi connectivity index (χ4v) is 2.41. The van der Waals surface area contributed by atoms with Gasteiger partial charge in [-0.3, -0.25) is 20.2 Å². The Hall–Kier alpha value is -3.27. The van der Waals surface area contributed by atoms with Gasteiger partial charge >= 0.3 is 0 Å². The molecule has 10 heteroatoms. The highest BCUT2D eigenvalue weighted by Crippen LogP contribution is 2.22. The summed E-state index contributed by atoms with van der Waals surface area (Å²) in [5.74, 6) is 0.0856. The maximum Gasteiger partial charge on any atom is 0.293 e. The van der Waals surface area contributed by atoms with Crippen molar-refractivity contribution in [1.29, 1.82) is 0 Å². The quantitative estimate of drug-likeness (QED) is 0.538. The topological polar surface area (TPSA) is 120 Å². The van der Waals surface area contributed by atoms with E-state index < -0.39 is 10.8 Å². The van der Waals surface area contributed by atoms with Crippen LogP contribution in [-0.2, 0) is 6.61 Å². The molecule has 1 amide bonds. The number of carbonyl (C=O) groups excluding carboxylic acids is 1. The van der Waals surface area contributed by atoms with E-state index in [2.05, 4.69) is 15.5 Å². The summed E-state index contributed by atoms with van der Waals surface area (Å²) in [6.45, 7) is 0.0788. The van der Waals surface area contributed by atoms with Gasteiger partial charge in [-0.05, 0) is 18.2 Å². The first-order valence-electron chi connectivity index (χ1n) is 6.66. The molecule has 2 heterocycles. The summed E-state index contributed by atoms with van der Waals surface area (Å²) >= 11 is 1.13. The smallest absolute Gasteiger partial charge is 0.293 e. The molecule has 1 N–H and O–H groups in total. The summed E-state index contributed by atoms with van der Waals surface area (Å²) in [4.78, 5) is 22.0. The lowest BCUT2D eigenvalue weighted by Gasteiger charge is -2.02. The van der Waals surface area contributed by atoms with Gasteiger partial charge in [0.2, 0.25) is 5.13 Å². The van der Waals surface area contributed by atoms with E-state index in [9.17, 15) is 14.9 Å². The molecule has 0 aliphatic carbocycles. The summed E-state index contributed by atoms with van der Waals surface area (Å²) in [6.07, 6.45) is 1.40. The van der Waals surface area contributed by atoms with Gasteiger partial charge in [-0.25, -0.2) is 0 Å². The molecule has 0 unspecified atom stereocenters. The summed E-state index contributed by atoms with van der Waals surface area (Å²) in [5, 5.41) is 21.8. The third kappa shape index (κ3) is 3.73. The second-order valence-electron chi connectivity index (χ2n) is 4.48. The van der Waals surface area contributed by atoms with E-state index in [-0.39, 0.29) is 18.1 Å². The monoisotopic (exact) mass is 346 g/mol. The number of nitrogens with one attached hydrogen (secondary N) is 1. The molecule has 0 bridgehead atoms. The summed E-state index contributed by atoms with van der Waals surface area (Å²) in [6, 6.07) is 8.97. The van der Waals surface area contributed by atoms with Crippen LogP contribution < -0.4 is 10.1 Å². The van der Waals surface area contributed by atoms with Crippen LogP contribution in [0.4, 0.5) is 10.8 Å². The fourth-order valence-electron chi connectivity index (χ4n) is 1.76. The first kappa shape index (κ1) is 15.6. The van der Waals surface area contributed by atoms with Crippen LogP contribution in [0, 0.1) is 10.1 Å². The van der Waals surface area contributed by atoms with Crippen molar-refractivity contribution in [2.45, 2.75) is 6.61 Å². The van der Waals surface area contributed by atoms with Crippen molar-refractivity contribution in [1.82, 2.24) is 10.2 Å². The molecule has 0 radical (unpaired) electrons. The molecule has 0 aliphatic rings. The third-order valence-electron chi connectivity index (χ3n) is 2.82. The predicted molar refractivity (Wildman–Crippen MR) is 84.0 cm³/mol. The first-order chi connectivity index (χ1) is 11.6. The van der Waals surface area contributed by atoms with Crippen molar-refractivity contribution in [2.24, 2.45) is 0 Å². The zero-order valence-electron chi connectivity index (χ0n) is 12.0. The third-order valence-corrected chi connectivity index (χ3v) is 3.64. The largest absolute Gasteiger partial charge is 0.486 e. The Morgan fingerprint density at radius 2 is 2.21 bits per heavy atom. The molecule has 9 nitrogen and oxygen atoms in total. The van der Waals surface area contributed by atoms with Crippen molar-refractivity contribution in [3.05, 3.63) is 63.5 Å². The van der Waals surface area contributed by atoms with E-state index in [1.165, 1.54) is 30.5 Å². The summed E-state index contributed by atoms with van der Waals surface area (Å²) in [5.41, 5.74) is -0.0591. The second-order valence-corrected chi connectivity index (χ2v) is 5.54. The molecule has 24 heavy (non-hydrogen) atoms. The Kier molecular flexibility index (Phi) is 4.47. The number of amides is 1. The fraction of sp³-hybridized carbons (Fsp3) is 0.0714. The zero-order chi connectivity index (χ0) is 16.9. The Bertz CT molecular complexity index is 862. The highest BCUT2D eigenvalue weighted by molar-refractivity contribution is 7.15. The number of anilines is 1. The Labute approximate surface area is 139 Å². The maximum absolute atomic E-state index is 11.8. The number of ether oxygens (including phenoxy) is 1. The first-order valence-corrected chi connectivity index (χ1v) is 7.48. The van der Waals surface area contributed by atoms with Crippen LogP contribution in [0.15, 0.2) is 47.1 Å². The lowest BCUT2D eigenvalue weighted by Crippen LogP contribution is -2.10. The molecular formula is C14H10N4O5S. The van der Waals surface area contributed by atoms with Gasteiger partial charge < -0.3 is 9.15 Å². The van der Waals surface area contributed by atoms with E-state index >= 15 is 0 Å². The van der Waals surface area contributed by atoms with Crippen LogP contribution in [0.3, 0.4) is 0 Å². The molecule has 0 saturated carbocycles. The average Bonchev–Trinajstić information content (AvgIpc) is 3.25. The van der Waals surface area contributed by atoms with Gasteiger partial charge in [-0.15, -0.1) is 10.2 Å². The van der Waals surface area contributed by atoms with Gasteiger partial charge in [-0.2, -0.15) is 0 Å². The molecule has 0 atom stereocenters. The number of nitrogens with zero attached hydrogens (tertiary/aromatic N) is 3. The van der Waals surface area contributed by atoms with E-state index in [1.54, 1.807) is 12.1 Å². The van der Waals surface area contributed by atoms with Crippen LogP contribution in [-0.4, -0.2) is 21.0 Å². The second kappa shape index (κ2) is 6.87. The SMILES string of the molecule is O=C(Nc1nnc(COc2cccc([N+](=O)[O-])c2)s1)c1ccco1. The number of hydrogen-bond donors (Lipinski definition) is 1. The maximum atomic E-state index is 11.8. The van der Waals surface area contributed by atoms with Crippen molar-refractivity contribution in [3.63, 3.8) is 0 Å². The van der Waals surface area contributed by atoms with Gasteiger partial charge in [0.15, 0.2) is 10.8 Å². The summed E-state index contributed by atoms with van der Waals surface area (Å²) < 4.78 is 10.4. The van der Waals surface area contributed by atoms with E-state index in [0.717, 1.165) is 11.3 Å². The van der Waals surface area contributed by atoms with Gasteiger partial charge in [0.05, 0.1) is 17.3 Å². The molecule has 3 rings (SSSR count). The van der Waals surface area contributed by atoms with Crippen LogP contribution in [0.2, 0.25) is 0 Å². The molecule has 0 fully saturated rings.